The summed E-state index contributed by atoms with van der Waals surface area (Å²) in [6.45, 7) is 6.90. The van der Waals surface area contributed by atoms with Crippen molar-refractivity contribution in [2.45, 2.75) is 27.7 Å². The molecule has 0 aromatic carbocycles. The molecule has 12 heavy (non-hydrogen) atoms. The molecule has 2 heteroatoms. The van der Waals surface area contributed by atoms with E-state index in [0.29, 0.717) is 5.92 Å². The molecule has 68 valence electrons. The molecule has 0 heterocycles. The Morgan fingerprint density at radius 1 is 1.00 bits per heavy atom. The summed E-state index contributed by atoms with van der Waals surface area (Å²) in [5.41, 5.74) is 0. The average Bonchev–Trinajstić information content (AvgIpc) is 1.84. The zero-order valence-electron chi connectivity index (χ0n) is 8.13. The van der Waals surface area contributed by atoms with Gasteiger partial charge in [0.05, 0.1) is 5.92 Å². The summed E-state index contributed by atoms with van der Waals surface area (Å²) in [4.78, 5) is 21.9. The molecular weight excluding hydrogens is 152 g/mol. The molecule has 0 aliphatic carbocycles. The fourth-order valence-electron chi connectivity index (χ4n) is 0.891. The Balaban J connectivity index is 4.34. The quantitative estimate of drug-likeness (QED) is 0.475. The van der Waals surface area contributed by atoms with Gasteiger partial charge in [-0.2, -0.15) is 0 Å². The molecule has 0 N–H and O–H groups in total. The van der Waals surface area contributed by atoms with Crippen LogP contribution in [0.15, 0.2) is 12.2 Å². The smallest absolute Gasteiger partial charge is 0.144 e. The molecule has 0 rings (SSSR count). The lowest BCUT2D eigenvalue weighted by atomic mass is 9.99. The second-order valence-electron chi connectivity index (χ2n) is 3.33. The van der Waals surface area contributed by atoms with Crippen LogP contribution in [0.1, 0.15) is 27.7 Å². The predicted molar refractivity (Wildman–Crippen MR) is 48.8 cm³/mol. The SMILES string of the molecule is CC(=O)C(/C=C\C(C)C)C(C)=O. The highest BCUT2D eigenvalue weighted by atomic mass is 16.1. The van der Waals surface area contributed by atoms with Crippen LogP contribution >= 0.6 is 0 Å². The van der Waals surface area contributed by atoms with Crippen molar-refractivity contribution in [3.8, 4) is 0 Å². The largest absolute Gasteiger partial charge is 0.299 e. The van der Waals surface area contributed by atoms with Crippen molar-refractivity contribution in [2.75, 3.05) is 0 Å². The number of allylic oxidation sites excluding steroid dienone is 2. The lowest BCUT2D eigenvalue weighted by molar-refractivity contribution is -0.128. The van der Waals surface area contributed by atoms with Gasteiger partial charge in [0.1, 0.15) is 11.6 Å². The molecule has 0 saturated carbocycles. The monoisotopic (exact) mass is 168 g/mol. The van der Waals surface area contributed by atoms with E-state index in [1.807, 2.05) is 19.9 Å². The zero-order chi connectivity index (χ0) is 9.72. The zero-order valence-corrected chi connectivity index (χ0v) is 8.13. The molecular formula is C10H16O2. The summed E-state index contributed by atoms with van der Waals surface area (Å²) >= 11 is 0. The minimum absolute atomic E-state index is 0.0839. The highest BCUT2D eigenvalue weighted by molar-refractivity contribution is 6.02. The van der Waals surface area contributed by atoms with E-state index in [0.717, 1.165) is 0 Å². The van der Waals surface area contributed by atoms with Crippen LogP contribution in [0.2, 0.25) is 0 Å². The van der Waals surface area contributed by atoms with Crippen LogP contribution < -0.4 is 0 Å². The Kier molecular flexibility index (Phi) is 4.49. The minimum atomic E-state index is -0.535. The normalized spacial score (nSPS) is 11.5. The Morgan fingerprint density at radius 3 is 1.67 bits per heavy atom. The van der Waals surface area contributed by atoms with Gasteiger partial charge in [-0.3, -0.25) is 9.59 Å². The second-order valence-corrected chi connectivity index (χ2v) is 3.33. The summed E-state index contributed by atoms with van der Waals surface area (Å²) < 4.78 is 0. The van der Waals surface area contributed by atoms with Gasteiger partial charge in [-0.25, -0.2) is 0 Å². The maximum Gasteiger partial charge on any atom is 0.144 e. The van der Waals surface area contributed by atoms with E-state index >= 15 is 0 Å². The van der Waals surface area contributed by atoms with Gasteiger partial charge in [-0.15, -0.1) is 0 Å². The third kappa shape index (κ3) is 4.06. The van der Waals surface area contributed by atoms with Gasteiger partial charge in [0, 0.05) is 0 Å². The van der Waals surface area contributed by atoms with Crippen molar-refractivity contribution in [1.29, 1.82) is 0 Å². The highest BCUT2D eigenvalue weighted by Gasteiger charge is 2.15. The van der Waals surface area contributed by atoms with Crippen molar-refractivity contribution in [3.05, 3.63) is 12.2 Å². The standard InChI is InChI=1S/C10H16O2/c1-7(2)5-6-10(8(3)11)9(4)12/h5-7,10H,1-4H3/b6-5-. The Bertz CT molecular complexity index is 188. The number of hydrogen-bond donors (Lipinski definition) is 0. The first-order valence-corrected chi connectivity index (χ1v) is 4.14. The molecule has 0 aliphatic heterocycles. The third-order valence-corrected chi connectivity index (χ3v) is 1.56. The van der Waals surface area contributed by atoms with Gasteiger partial charge in [-0.1, -0.05) is 26.0 Å². The molecule has 2 nitrogen and oxygen atoms in total. The summed E-state index contributed by atoms with van der Waals surface area (Å²) in [5.74, 6) is -0.322. The van der Waals surface area contributed by atoms with E-state index in [2.05, 4.69) is 0 Å². The first-order valence-electron chi connectivity index (χ1n) is 4.14. The summed E-state index contributed by atoms with van der Waals surface area (Å²) in [6.07, 6.45) is 3.57. The molecule has 0 spiro atoms. The topological polar surface area (TPSA) is 34.1 Å². The van der Waals surface area contributed by atoms with Crippen molar-refractivity contribution in [3.63, 3.8) is 0 Å². The van der Waals surface area contributed by atoms with Gasteiger partial charge >= 0.3 is 0 Å². The fourth-order valence-corrected chi connectivity index (χ4v) is 0.891. The molecule has 0 unspecified atom stereocenters. The third-order valence-electron chi connectivity index (χ3n) is 1.56. The number of hydrogen-bond acceptors (Lipinski definition) is 2. The van der Waals surface area contributed by atoms with Gasteiger partial charge in [-0.05, 0) is 19.8 Å². The van der Waals surface area contributed by atoms with Gasteiger partial charge in [0.25, 0.3) is 0 Å². The van der Waals surface area contributed by atoms with Crippen molar-refractivity contribution >= 4 is 11.6 Å². The van der Waals surface area contributed by atoms with Crippen molar-refractivity contribution < 1.29 is 9.59 Å². The van der Waals surface area contributed by atoms with E-state index < -0.39 is 5.92 Å². The molecule has 0 atom stereocenters. The summed E-state index contributed by atoms with van der Waals surface area (Å²) in [6, 6.07) is 0. The number of rotatable bonds is 4. The van der Waals surface area contributed by atoms with Crippen LogP contribution in [0.4, 0.5) is 0 Å². The van der Waals surface area contributed by atoms with Gasteiger partial charge in [0.2, 0.25) is 0 Å². The molecule has 0 saturated heterocycles. The van der Waals surface area contributed by atoms with Crippen LogP contribution in [0.5, 0.6) is 0 Å². The molecule has 0 aromatic heterocycles. The number of carbonyl (C=O) groups is 2. The first-order chi connectivity index (χ1) is 5.45. The van der Waals surface area contributed by atoms with E-state index in [1.54, 1.807) is 6.08 Å². The number of Topliss-reactive ketones (excluding diaryl/α,β-unsaturated/α-hetero) is 2. The van der Waals surface area contributed by atoms with Crippen LogP contribution in [0, 0.1) is 11.8 Å². The molecule has 0 amide bonds. The second kappa shape index (κ2) is 4.86. The first kappa shape index (κ1) is 11.1. The molecule has 0 radical (unpaired) electrons. The molecule has 0 bridgehead atoms. The van der Waals surface area contributed by atoms with Crippen LogP contribution in [-0.4, -0.2) is 11.6 Å². The van der Waals surface area contributed by atoms with Gasteiger partial charge < -0.3 is 0 Å². The Morgan fingerprint density at radius 2 is 1.42 bits per heavy atom. The lowest BCUT2D eigenvalue weighted by Gasteiger charge is -2.03. The summed E-state index contributed by atoms with van der Waals surface area (Å²) in [7, 11) is 0. The maximum atomic E-state index is 10.9. The van der Waals surface area contributed by atoms with Crippen molar-refractivity contribution in [2.24, 2.45) is 11.8 Å². The summed E-state index contributed by atoms with van der Waals surface area (Å²) in [5, 5.41) is 0. The average molecular weight is 168 g/mol. The van der Waals surface area contributed by atoms with E-state index in [9.17, 15) is 9.59 Å². The van der Waals surface area contributed by atoms with E-state index in [4.69, 9.17) is 0 Å². The van der Waals surface area contributed by atoms with Crippen LogP contribution in [0.3, 0.4) is 0 Å². The lowest BCUT2D eigenvalue weighted by Crippen LogP contribution is -2.16. The van der Waals surface area contributed by atoms with Gasteiger partial charge in [0.15, 0.2) is 0 Å². The number of ketones is 2. The Hall–Kier alpha value is -0.920. The van der Waals surface area contributed by atoms with E-state index in [1.165, 1.54) is 13.8 Å². The molecule has 0 aliphatic rings. The molecule has 0 aromatic rings. The van der Waals surface area contributed by atoms with Crippen molar-refractivity contribution in [1.82, 2.24) is 0 Å². The Labute approximate surface area is 73.7 Å². The predicted octanol–water partition coefficient (Wildman–Crippen LogP) is 1.99. The fraction of sp³-hybridized carbons (Fsp3) is 0.600. The number of carbonyl (C=O) groups excluding carboxylic acids is 2. The minimum Gasteiger partial charge on any atom is -0.299 e. The highest BCUT2D eigenvalue weighted by Crippen LogP contribution is 2.05. The molecule has 0 fully saturated rings. The maximum absolute atomic E-state index is 10.9. The van der Waals surface area contributed by atoms with Crippen LogP contribution in [0.25, 0.3) is 0 Å². The van der Waals surface area contributed by atoms with E-state index in [-0.39, 0.29) is 11.6 Å². The van der Waals surface area contributed by atoms with Crippen LogP contribution in [-0.2, 0) is 9.59 Å².